The van der Waals surface area contributed by atoms with Crippen molar-refractivity contribution in [2.75, 3.05) is 11.5 Å². The maximum Gasteiger partial charge on any atom is 0.204 e. The number of sulfone groups is 1. The van der Waals surface area contributed by atoms with Crippen molar-refractivity contribution in [2.45, 2.75) is 11.8 Å². The van der Waals surface area contributed by atoms with Crippen LogP contribution in [0.3, 0.4) is 0 Å². The van der Waals surface area contributed by atoms with Crippen molar-refractivity contribution in [2.24, 2.45) is 0 Å². The van der Waals surface area contributed by atoms with Gasteiger partial charge in [0.05, 0.1) is 9.80 Å². The summed E-state index contributed by atoms with van der Waals surface area (Å²) in [5, 5.41) is 0.498. The molecule has 0 bridgehead atoms. The van der Waals surface area contributed by atoms with Crippen molar-refractivity contribution in [1.82, 2.24) is 0 Å². The number of fused-ring (bicyclic) bond motifs is 1. The molecule has 0 amide bonds. The molecule has 2 rings (SSSR count). The molecule has 0 aromatic heterocycles. The second-order valence-corrected chi connectivity index (χ2v) is 7.06. The van der Waals surface area contributed by atoms with Crippen molar-refractivity contribution in [3.05, 3.63) is 33.7 Å². The van der Waals surface area contributed by atoms with Crippen LogP contribution in [0, 0.1) is 0 Å². The van der Waals surface area contributed by atoms with E-state index in [-0.39, 0.29) is 0 Å². The van der Waals surface area contributed by atoms with Crippen LogP contribution in [-0.2, 0) is 9.84 Å². The van der Waals surface area contributed by atoms with Crippen molar-refractivity contribution in [3.63, 3.8) is 0 Å². The van der Waals surface area contributed by atoms with Gasteiger partial charge in [-0.1, -0.05) is 24.6 Å². The Hall–Kier alpha value is -0.450. The average molecular weight is 275 g/mol. The van der Waals surface area contributed by atoms with Gasteiger partial charge >= 0.3 is 0 Å². The highest BCUT2D eigenvalue weighted by molar-refractivity contribution is 8.02. The Bertz CT molecular complexity index is 547. The van der Waals surface area contributed by atoms with E-state index in [0.717, 1.165) is 5.75 Å². The third kappa shape index (κ3) is 1.90. The van der Waals surface area contributed by atoms with E-state index in [1.54, 1.807) is 36.0 Å². The van der Waals surface area contributed by atoms with Gasteiger partial charge in [-0.15, -0.1) is 0 Å². The highest BCUT2D eigenvalue weighted by atomic mass is 35.5. The molecule has 0 unspecified atom stereocenters. The van der Waals surface area contributed by atoms with E-state index in [4.69, 9.17) is 11.6 Å². The van der Waals surface area contributed by atoms with Gasteiger partial charge in [0.2, 0.25) is 9.84 Å². The van der Waals surface area contributed by atoms with Crippen LogP contribution in [0.4, 0.5) is 0 Å². The molecule has 1 aliphatic rings. The molecule has 0 radical (unpaired) electrons. The maximum absolute atomic E-state index is 12.1. The molecule has 86 valence electrons. The summed E-state index contributed by atoms with van der Waals surface area (Å²) in [5.41, 5.74) is 0.635. The summed E-state index contributed by atoms with van der Waals surface area (Å²) in [5.74, 6) is 1.42. The maximum atomic E-state index is 12.1. The predicted molar refractivity (Wildman–Crippen MR) is 69.6 cm³/mol. The Balaban J connectivity index is 2.49. The van der Waals surface area contributed by atoms with Gasteiger partial charge in [0.1, 0.15) is 0 Å². The van der Waals surface area contributed by atoms with E-state index in [1.807, 2.05) is 6.92 Å². The number of hydrogen-bond donors (Lipinski definition) is 0. The molecule has 1 aliphatic heterocycles. The largest absolute Gasteiger partial charge is 0.219 e. The van der Waals surface area contributed by atoms with Crippen LogP contribution in [0.15, 0.2) is 28.0 Å². The number of hydrogen-bond acceptors (Lipinski definition) is 3. The van der Waals surface area contributed by atoms with E-state index >= 15 is 0 Å². The fourth-order valence-corrected chi connectivity index (χ4v) is 4.51. The average Bonchev–Trinajstić information content (AvgIpc) is 2.50. The third-order valence-corrected chi connectivity index (χ3v) is 5.72. The van der Waals surface area contributed by atoms with E-state index in [1.165, 1.54) is 0 Å². The van der Waals surface area contributed by atoms with Crippen molar-refractivity contribution in [1.29, 1.82) is 0 Å². The molecule has 16 heavy (non-hydrogen) atoms. The molecule has 1 heterocycles. The Kier molecular flexibility index (Phi) is 3.33. The van der Waals surface area contributed by atoms with Gasteiger partial charge in [0.25, 0.3) is 0 Å². The fourth-order valence-electron chi connectivity index (χ4n) is 1.59. The summed E-state index contributed by atoms with van der Waals surface area (Å²) >= 11 is 7.57. The van der Waals surface area contributed by atoms with Gasteiger partial charge in [-0.2, -0.15) is 11.8 Å². The normalized spacial score (nSPS) is 17.0. The lowest BCUT2D eigenvalue weighted by molar-refractivity contribution is 0.603. The molecule has 2 nitrogen and oxygen atoms in total. The molecule has 0 saturated heterocycles. The van der Waals surface area contributed by atoms with E-state index < -0.39 is 9.84 Å². The first-order valence-corrected chi connectivity index (χ1v) is 7.91. The number of benzene rings is 1. The molecule has 0 N–H and O–H groups in total. The second kappa shape index (κ2) is 4.43. The molecule has 1 aromatic rings. The third-order valence-electron chi connectivity index (χ3n) is 2.40. The minimum atomic E-state index is -3.29. The van der Waals surface area contributed by atoms with Crippen molar-refractivity contribution < 1.29 is 8.42 Å². The Morgan fingerprint density at radius 3 is 2.75 bits per heavy atom. The summed E-state index contributed by atoms with van der Waals surface area (Å²) in [6, 6.07) is 4.99. The summed E-state index contributed by atoms with van der Waals surface area (Å²) < 4.78 is 24.2. The fraction of sp³-hybridized carbons (Fsp3) is 0.273. The molecule has 1 aromatic carbocycles. The van der Waals surface area contributed by atoms with Gasteiger partial charge in [-0.3, -0.25) is 0 Å². The number of halogens is 1. The molecular formula is C11H11ClO2S2. The highest BCUT2D eigenvalue weighted by Crippen LogP contribution is 2.37. The molecule has 0 spiro atoms. The van der Waals surface area contributed by atoms with Crippen LogP contribution >= 0.6 is 23.4 Å². The lowest BCUT2D eigenvalue weighted by Gasteiger charge is -2.02. The lowest BCUT2D eigenvalue weighted by Crippen LogP contribution is -2.02. The van der Waals surface area contributed by atoms with Gasteiger partial charge in [-0.25, -0.2) is 8.42 Å². The molecule has 0 fully saturated rings. The quantitative estimate of drug-likeness (QED) is 0.849. The van der Waals surface area contributed by atoms with Gasteiger partial charge < -0.3 is 0 Å². The predicted octanol–water partition coefficient (Wildman–Crippen LogP) is 3.22. The van der Waals surface area contributed by atoms with E-state index in [0.29, 0.717) is 26.1 Å². The lowest BCUT2D eigenvalue weighted by atomic mass is 10.2. The molecule has 0 aliphatic carbocycles. The van der Waals surface area contributed by atoms with Crippen LogP contribution in [-0.4, -0.2) is 19.9 Å². The first kappa shape index (κ1) is 12.0. The first-order chi connectivity index (χ1) is 7.57. The van der Waals surface area contributed by atoms with E-state index in [9.17, 15) is 8.42 Å². The van der Waals surface area contributed by atoms with Crippen LogP contribution in [0.5, 0.6) is 0 Å². The Morgan fingerprint density at radius 1 is 1.38 bits per heavy atom. The minimum Gasteiger partial charge on any atom is -0.219 e. The number of rotatable bonds is 3. The van der Waals surface area contributed by atoms with Crippen LogP contribution in [0.2, 0.25) is 5.02 Å². The first-order valence-electron chi connectivity index (χ1n) is 4.89. The Labute approximate surface area is 105 Å². The monoisotopic (exact) mass is 274 g/mol. The topological polar surface area (TPSA) is 34.1 Å². The smallest absolute Gasteiger partial charge is 0.204 e. The Morgan fingerprint density at radius 2 is 2.12 bits per heavy atom. The zero-order valence-corrected chi connectivity index (χ0v) is 11.1. The highest BCUT2D eigenvalue weighted by Gasteiger charge is 2.30. The van der Waals surface area contributed by atoms with Crippen LogP contribution in [0.25, 0.3) is 6.08 Å². The van der Waals surface area contributed by atoms with Crippen LogP contribution < -0.4 is 0 Å². The summed E-state index contributed by atoms with van der Waals surface area (Å²) in [6.07, 6.45) is 1.69. The molecule has 0 atom stereocenters. The number of thioether (sulfide) groups is 1. The summed E-state index contributed by atoms with van der Waals surface area (Å²) in [7, 11) is -3.29. The van der Waals surface area contributed by atoms with Gasteiger partial charge in [-0.05, 0) is 24.0 Å². The molecule has 5 heteroatoms. The summed E-state index contributed by atoms with van der Waals surface area (Å²) in [4.78, 5) is 0.800. The zero-order valence-electron chi connectivity index (χ0n) is 8.73. The van der Waals surface area contributed by atoms with E-state index in [2.05, 4.69) is 0 Å². The summed E-state index contributed by atoms with van der Waals surface area (Å²) in [6.45, 7) is 2.01. The second-order valence-electron chi connectivity index (χ2n) is 3.40. The molecular weight excluding hydrogens is 264 g/mol. The SMILES string of the molecule is CCSCC1=Cc2c(Cl)cccc2S1(=O)=O. The minimum absolute atomic E-state index is 0.340. The van der Waals surface area contributed by atoms with Crippen molar-refractivity contribution >= 4 is 39.3 Å². The zero-order chi connectivity index (χ0) is 11.8. The van der Waals surface area contributed by atoms with Crippen LogP contribution in [0.1, 0.15) is 12.5 Å². The van der Waals surface area contributed by atoms with Crippen molar-refractivity contribution in [3.8, 4) is 0 Å². The van der Waals surface area contributed by atoms with Gasteiger partial charge in [0, 0.05) is 16.3 Å². The standard InChI is InChI=1S/C11H11ClO2S2/c1-2-15-7-8-6-9-10(12)4-3-5-11(9)16(8,13)14/h3-6H,2,7H2,1H3. The molecule has 0 saturated carbocycles. The van der Waals surface area contributed by atoms with Gasteiger partial charge in [0.15, 0.2) is 0 Å².